The number of benzene rings is 1. The van der Waals surface area contributed by atoms with Gasteiger partial charge >= 0.3 is 0 Å². The summed E-state index contributed by atoms with van der Waals surface area (Å²) in [4.78, 5) is 0. The van der Waals surface area contributed by atoms with Crippen molar-refractivity contribution in [2.45, 2.75) is 19.8 Å². The van der Waals surface area contributed by atoms with Crippen LogP contribution in [0.3, 0.4) is 0 Å². The highest BCUT2D eigenvalue weighted by Gasteiger charge is 2.48. The second-order valence-electron chi connectivity index (χ2n) is 3.82. The summed E-state index contributed by atoms with van der Waals surface area (Å²) in [6.45, 7) is 2.46. The summed E-state index contributed by atoms with van der Waals surface area (Å²) >= 11 is 3.13. The van der Waals surface area contributed by atoms with Crippen molar-refractivity contribution < 1.29 is 8.78 Å². The molecular formula is C11H10BrF2N. The highest BCUT2D eigenvalue weighted by Crippen LogP contribution is 2.44. The average Bonchev–Trinajstić information content (AvgIpc) is 2.17. The molecule has 0 unspecified atom stereocenters. The monoisotopic (exact) mass is 273 g/mol. The second-order valence-corrected chi connectivity index (χ2v) is 4.74. The number of alkyl halides is 2. The van der Waals surface area contributed by atoms with Crippen LogP contribution in [0, 0.1) is 16.7 Å². The molecule has 0 aliphatic rings. The molecule has 0 saturated heterocycles. The van der Waals surface area contributed by atoms with E-state index in [4.69, 9.17) is 5.26 Å². The number of nitriles is 1. The predicted octanol–water partition coefficient (Wildman–Crippen LogP) is 4.09. The number of hydrogen-bond acceptors (Lipinski definition) is 1. The van der Waals surface area contributed by atoms with Crippen LogP contribution < -0.4 is 0 Å². The molecule has 1 rings (SSSR count). The Bertz CT molecular complexity index is 407. The van der Waals surface area contributed by atoms with E-state index in [0.717, 1.165) is 0 Å². The van der Waals surface area contributed by atoms with Crippen LogP contribution in [-0.4, -0.2) is 0 Å². The number of rotatable bonds is 2. The Labute approximate surface area is 95.8 Å². The Morgan fingerprint density at radius 1 is 1.33 bits per heavy atom. The van der Waals surface area contributed by atoms with Gasteiger partial charge in [0.2, 0.25) is 0 Å². The van der Waals surface area contributed by atoms with Crippen molar-refractivity contribution >= 4 is 15.9 Å². The minimum atomic E-state index is -3.16. The zero-order chi connectivity index (χ0) is 11.7. The molecule has 1 nitrogen and oxygen atoms in total. The van der Waals surface area contributed by atoms with Gasteiger partial charge in [0.15, 0.2) is 0 Å². The van der Waals surface area contributed by atoms with Crippen LogP contribution >= 0.6 is 15.9 Å². The van der Waals surface area contributed by atoms with Crippen LogP contribution in [0.2, 0.25) is 0 Å². The number of hydrogen-bond donors (Lipinski definition) is 0. The Kier molecular flexibility index (Phi) is 3.15. The van der Waals surface area contributed by atoms with Crippen LogP contribution in [0.25, 0.3) is 0 Å². The highest BCUT2D eigenvalue weighted by atomic mass is 79.9. The fourth-order valence-corrected chi connectivity index (χ4v) is 1.51. The lowest BCUT2D eigenvalue weighted by molar-refractivity contribution is -0.0854. The zero-order valence-corrected chi connectivity index (χ0v) is 9.98. The molecule has 0 aliphatic heterocycles. The lowest BCUT2D eigenvalue weighted by atomic mass is 9.83. The van der Waals surface area contributed by atoms with E-state index in [-0.39, 0.29) is 5.56 Å². The Morgan fingerprint density at radius 3 is 2.40 bits per heavy atom. The van der Waals surface area contributed by atoms with Gasteiger partial charge in [0.25, 0.3) is 5.92 Å². The Balaban J connectivity index is 3.24. The quantitative estimate of drug-likeness (QED) is 0.796. The Hall–Kier alpha value is -0.950. The maximum atomic E-state index is 13.9. The number of nitrogens with zero attached hydrogens (tertiary/aromatic N) is 1. The van der Waals surface area contributed by atoms with Crippen LogP contribution in [0.5, 0.6) is 0 Å². The summed E-state index contributed by atoms with van der Waals surface area (Å²) in [6, 6.07) is 7.48. The largest absolute Gasteiger partial charge is 0.291 e. The van der Waals surface area contributed by atoms with E-state index in [2.05, 4.69) is 15.9 Å². The van der Waals surface area contributed by atoms with Crippen LogP contribution in [0.4, 0.5) is 8.78 Å². The topological polar surface area (TPSA) is 23.8 Å². The van der Waals surface area contributed by atoms with Gasteiger partial charge in [-0.05, 0) is 26.0 Å². The molecule has 0 aliphatic carbocycles. The molecule has 0 saturated carbocycles. The third kappa shape index (κ3) is 2.18. The molecule has 0 spiro atoms. The van der Waals surface area contributed by atoms with Crippen LogP contribution in [0.15, 0.2) is 28.7 Å². The lowest BCUT2D eigenvalue weighted by Crippen LogP contribution is -2.32. The zero-order valence-electron chi connectivity index (χ0n) is 8.39. The summed E-state index contributed by atoms with van der Waals surface area (Å²) in [6.07, 6.45) is 0. The first-order valence-electron chi connectivity index (χ1n) is 4.36. The van der Waals surface area contributed by atoms with Gasteiger partial charge in [0.05, 0.1) is 6.07 Å². The molecular weight excluding hydrogens is 264 g/mol. The van der Waals surface area contributed by atoms with Crippen molar-refractivity contribution in [2.24, 2.45) is 5.41 Å². The van der Waals surface area contributed by atoms with E-state index in [0.29, 0.717) is 4.47 Å². The van der Waals surface area contributed by atoms with E-state index in [9.17, 15) is 8.78 Å². The maximum absolute atomic E-state index is 13.9. The Morgan fingerprint density at radius 2 is 1.93 bits per heavy atom. The molecule has 0 radical (unpaired) electrons. The smallest absolute Gasteiger partial charge is 0.200 e. The molecule has 80 valence electrons. The van der Waals surface area contributed by atoms with E-state index < -0.39 is 11.3 Å². The second kappa shape index (κ2) is 3.90. The molecule has 0 aromatic heterocycles. The molecule has 4 heteroatoms. The van der Waals surface area contributed by atoms with Crippen molar-refractivity contribution in [1.29, 1.82) is 5.26 Å². The first kappa shape index (κ1) is 12.1. The molecule has 1 aromatic carbocycles. The SMILES string of the molecule is CC(C)(C#N)C(F)(F)c1cccc(Br)c1. The fraction of sp³-hybridized carbons (Fsp3) is 0.364. The standard InChI is InChI=1S/C11H10BrF2N/c1-10(2,7-15)11(13,14)8-4-3-5-9(12)6-8/h3-6H,1-2H3. The first-order valence-corrected chi connectivity index (χ1v) is 5.15. The van der Waals surface area contributed by atoms with Gasteiger partial charge in [-0.3, -0.25) is 0 Å². The van der Waals surface area contributed by atoms with Crippen LogP contribution in [-0.2, 0) is 5.92 Å². The molecule has 0 amide bonds. The molecule has 15 heavy (non-hydrogen) atoms. The van der Waals surface area contributed by atoms with Crippen LogP contribution in [0.1, 0.15) is 19.4 Å². The van der Waals surface area contributed by atoms with E-state index in [1.807, 2.05) is 0 Å². The van der Waals surface area contributed by atoms with Crippen molar-refractivity contribution in [3.8, 4) is 6.07 Å². The summed E-state index contributed by atoms with van der Waals surface area (Å²) in [5.41, 5.74) is -1.86. The van der Waals surface area contributed by atoms with Gasteiger partial charge < -0.3 is 0 Å². The van der Waals surface area contributed by atoms with Gasteiger partial charge in [-0.2, -0.15) is 14.0 Å². The minimum Gasteiger partial charge on any atom is -0.200 e. The van der Waals surface area contributed by atoms with Gasteiger partial charge in [-0.15, -0.1) is 0 Å². The summed E-state index contributed by atoms with van der Waals surface area (Å²) in [5.74, 6) is -3.16. The molecule has 1 aromatic rings. The minimum absolute atomic E-state index is 0.150. The third-order valence-corrected chi connectivity index (χ3v) is 2.74. The van der Waals surface area contributed by atoms with Crippen molar-refractivity contribution in [3.05, 3.63) is 34.3 Å². The van der Waals surface area contributed by atoms with E-state index >= 15 is 0 Å². The lowest BCUT2D eigenvalue weighted by Gasteiger charge is -2.28. The van der Waals surface area contributed by atoms with Crippen molar-refractivity contribution in [3.63, 3.8) is 0 Å². The van der Waals surface area contributed by atoms with Gasteiger partial charge in [-0.25, -0.2) is 0 Å². The molecule has 0 fully saturated rings. The highest BCUT2D eigenvalue weighted by molar-refractivity contribution is 9.10. The molecule has 0 N–H and O–H groups in total. The van der Waals surface area contributed by atoms with E-state index in [1.165, 1.54) is 32.0 Å². The van der Waals surface area contributed by atoms with Gasteiger partial charge in [0, 0.05) is 10.0 Å². The third-order valence-electron chi connectivity index (χ3n) is 2.25. The molecule has 0 bridgehead atoms. The molecule has 0 heterocycles. The van der Waals surface area contributed by atoms with E-state index in [1.54, 1.807) is 12.1 Å². The fourth-order valence-electron chi connectivity index (χ4n) is 1.11. The average molecular weight is 274 g/mol. The number of halogens is 3. The van der Waals surface area contributed by atoms with Crippen molar-refractivity contribution in [2.75, 3.05) is 0 Å². The maximum Gasteiger partial charge on any atom is 0.291 e. The van der Waals surface area contributed by atoms with Gasteiger partial charge in [-0.1, -0.05) is 28.1 Å². The predicted molar refractivity (Wildman–Crippen MR) is 57.4 cm³/mol. The summed E-state index contributed by atoms with van der Waals surface area (Å²) < 4.78 is 28.3. The normalized spacial score (nSPS) is 12.3. The van der Waals surface area contributed by atoms with Gasteiger partial charge in [0.1, 0.15) is 5.41 Å². The summed E-state index contributed by atoms with van der Waals surface area (Å²) in [7, 11) is 0. The summed E-state index contributed by atoms with van der Waals surface area (Å²) in [5, 5.41) is 8.72. The first-order chi connectivity index (χ1) is 6.81. The molecule has 0 atom stereocenters. The van der Waals surface area contributed by atoms with Crippen molar-refractivity contribution in [1.82, 2.24) is 0 Å².